The Labute approximate surface area is 133 Å². The van der Waals surface area contributed by atoms with Gasteiger partial charge in [0, 0.05) is 11.7 Å². The molecule has 0 saturated heterocycles. The number of benzene rings is 2. The van der Waals surface area contributed by atoms with Gasteiger partial charge in [-0.2, -0.15) is 0 Å². The van der Waals surface area contributed by atoms with Gasteiger partial charge in [0.25, 0.3) is 0 Å². The normalized spacial score (nSPS) is 11.9. The number of hydrogen-bond acceptors (Lipinski definition) is 2. The van der Waals surface area contributed by atoms with E-state index >= 15 is 0 Å². The van der Waals surface area contributed by atoms with Gasteiger partial charge in [-0.15, -0.1) is 0 Å². The number of nitrogens with zero attached hydrogens (tertiary/aromatic N) is 1. The van der Waals surface area contributed by atoms with E-state index in [-0.39, 0.29) is 5.91 Å². The first-order valence-corrected chi connectivity index (χ1v) is 7.83. The van der Waals surface area contributed by atoms with E-state index in [1.165, 1.54) is 0 Å². The molecule has 0 saturated carbocycles. The third kappa shape index (κ3) is 4.71. The minimum atomic E-state index is 0.0929. The number of nitrogens with one attached hydrogen (secondary N) is 1. The molecule has 0 aromatic heterocycles. The highest BCUT2D eigenvalue weighted by Crippen LogP contribution is 2.17. The molecule has 0 bridgehead atoms. The molecule has 1 amide bonds. The number of para-hydroxylation sites is 1. The molecule has 0 aliphatic rings. The lowest BCUT2D eigenvalue weighted by molar-refractivity contribution is -0.118. The summed E-state index contributed by atoms with van der Waals surface area (Å²) in [6.45, 7) is 5.15. The van der Waals surface area contributed by atoms with Crippen LogP contribution < -0.4 is 10.2 Å². The van der Waals surface area contributed by atoms with Gasteiger partial charge in [0.15, 0.2) is 0 Å². The zero-order valence-corrected chi connectivity index (χ0v) is 13.3. The molecule has 3 heteroatoms. The molecule has 0 radical (unpaired) electrons. The minimum absolute atomic E-state index is 0.0929. The van der Waals surface area contributed by atoms with Crippen LogP contribution in [0.15, 0.2) is 60.7 Å². The van der Waals surface area contributed by atoms with E-state index in [1.807, 2.05) is 65.6 Å². The van der Waals surface area contributed by atoms with E-state index in [1.54, 1.807) is 0 Å². The van der Waals surface area contributed by atoms with Crippen LogP contribution in [-0.4, -0.2) is 18.5 Å². The smallest absolute Gasteiger partial charge is 0.241 e. The van der Waals surface area contributed by atoms with Gasteiger partial charge < -0.3 is 10.2 Å². The van der Waals surface area contributed by atoms with Crippen LogP contribution >= 0.6 is 0 Å². The Balaban J connectivity index is 2.13. The molecule has 1 atom stereocenters. The van der Waals surface area contributed by atoms with E-state index in [9.17, 15) is 4.79 Å². The minimum Gasteiger partial charge on any atom is -0.307 e. The third-order valence-corrected chi connectivity index (χ3v) is 3.77. The second-order valence-corrected chi connectivity index (χ2v) is 5.49. The van der Waals surface area contributed by atoms with Crippen molar-refractivity contribution in [3.63, 3.8) is 0 Å². The molecule has 1 unspecified atom stereocenters. The Morgan fingerprint density at radius 3 is 2.23 bits per heavy atom. The molecular weight excluding hydrogens is 272 g/mol. The summed E-state index contributed by atoms with van der Waals surface area (Å²) < 4.78 is 0. The van der Waals surface area contributed by atoms with E-state index in [0.717, 1.165) is 17.7 Å². The fourth-order valence-corrected chi connectivity index (χ4v) is 2.20. The van der Waals surface area contributed by atoms with E-state index < -0.39 is 0 Å². The summed E-state index contributed by atoms with van der Waals surface area (Å²) >= 11 is 0. The van der Waals surface area contributed by atoms with Crippen molar-refractivity contribution >= 4 is 11.6 Å². The predicted octanol–water partition coefficient (Wildman–Crippen LogP) is 3.61. The maximum atomic E-state index is 12.6. The van der Waals surface area contributed by atoms with Crippen molar-refractivity contribution in [1.82, 2.24) is 5.32 Å². The molecule has 0 fully saturated rings. The van der Waals surface area contributed by atoms with Crippen molar-refractivity contribution in [2.24, 2.45) is 0 Å². The van der Waals surface area contributed by atoms with Crippen LogP contribution in [-0.2, 0) is 11.3 Å². The topological polar surface area (TPSA) is 32.3 Å². The summed E-state index contributed by atoms with van der Waals surface area (Å²) in [6.07, 6.45) is 1.01. The molecule has 0 heterocycles. The largest absolute Gasteiger partial charge is 0.307 e. The van der Waals surface area contributed by atoms with Crippen LogP contribution in [0.3, 0.4) is 0 Å². The van der Waals surface area contributed by atoms with Crippen LogP contribution in [0.5, 0.6) is 0 Å². The van der Waals surface area contributed by atoms with Crippen molar-refractivity contribution in [2.45, 2.75) is 32.9 Å². The molecule has 116 valence electrons. The quantitative estimate of drug-likeness (QED) is 0.846. The summed E-state index contributed by atoms with van der Waals surface area (Å²) in [4.78, 5) is 14.5. The molecule has 22 heavy (non-hydrogen) atoms. The first-order valence-electron chi connectivity index (χ1n) is 7.83. The molecule has 0 aliphatic heterocycles. The zero-order valence-electron chi connectivity index (χ0n) is 13.3. The van der Waals surface area contributed by atoms with Crippen LogP contribution in [0.4, 0.5) is 5.69 Å². The predicted molar refractivity (Wildman–Crippen MR) is 91.8 cm³/mol. The first kappa shape index (κ1) is 16.2. The molecule has 0 aliphatic carbocycles. The molecule has 3 nitrogen and oxygen atoms in total. The van der Waals surface area contributed by atoms with Crippen molar-refractivity contribution in [2.75, 3.05) is 11.4 Å². The van der Waals surface area contributed by atoms with Crippen molar-refractivity contribution in [3.8, 4) is 0 Å². The second-order valence-electron chi connectivity index (χ2n) is 5.49. The molecule has 0 spiro atoms. The van der Waals surface area contributed by atoms with Gasteiger partial charge in [0.1, 0.15) is 0 Å². The van der Waals surface area contributed by atoms with E-state index in [2.05, 4.69) is 19.2 Å². The highest BCUT2D eigenvalue weighted by Gasteiger charge is 2.16. The summed E-state index contributed by atoms with van der Waals surface area (Å²) in [5.74, 6) is 0.0929. The van der Waals surface area contributed by atoms with Gasteiger partial charge in [0.05, 0.1) is 13.1 Å². The SMILES string of the molecule is CCC(C)NCC(=O)N(Cc1ccccc1)c1ccccc1. The lowest BCUT2D eigenvalue weighted by Gasteiger charge is -2.24. The summed E-state index contributed by atoms with van der Waals surface area (Å²) in [6, 6.07) is 20.3. The highest BCUT2D eigenvalue weighted by atomic mass is 16.2. The van der Waals surface area contributed by atoms with Crippen molar-refractivity contribution in [1.29, 1.82) is 0 Å². The van der Waals surface area contributed by atoms with Crippen molar-refractivity contribution < 1.29 is 4.79 Å². The van der Waals surface area contributed by atoms with Crippen LogP contribution in [0.25, 0.3) is 0 Å². The molecule has 1 N–H and O–H groups in total. The summed E-state index contributed by atoms with van der Waals surface area (Å²) in [5.41, 5.74) is 2.06. The molecule has 2 aromatic carbocycles. The standard InChI is InChI=1S/C19H24N2O/c1-3-16(2)20-14-19(22)21(18-12-8-5-9-13-18)15-17-10-6-4-7-11-17/h4-13,16,20H,3,14-15H2,1-2H3. The Hall–Kier alpha value is -2.13. The maximum absolute atomic E-state index is 12.6. The number of hydrogen-bond donors (Lipinski definition) is 1. The Morgan fingerprint density at radius 1 is 1.05 bits per heavy atom. The Bertz CT molecular complexity index is 569. The van der Waals surface area contributed by atoms with Gasteiger partial charge in [-0.25, -0.2) is 0 Å². The van der Waals surface area contributed by atoms with Gasteiger partial charge in [-0.3, -0.25) is 4.79 Å². The fourth-order valence-electron chi connectivity index (χ4n) is 2.20. The molecular formula is C19H24N2O. The Morgan fingerprint density at radius 2 is 1.64 bits per heavy atom. The van der Waals surface area contributed by atoms with Gasteiger partial charge in [-0.1, -0.05) is 55.5 Å². The maximum Gasteiger partial charge on any atom is 0.241 e. The van der Waals surface area contributed by atoms with E-state index in [0.29, 0.717) is 19.1 Å². The number of rotatable bonds is 7. The molecule has 2 rings (SSSR count). The van der Waals surface area contributed by atoms with Gasteiger partial charge >= 0.3 is 0 Å². The molecule has 2 aromatic rings. The van der Waals surface area contributed by atoms with E-state index in [4.69, 9.17) is 0 Å². The van der Waals surface area contributed by atoms with Crippen LogP contribution in [0, 0.1) is 0 Å². The monoisotopic (exact) mass is 296 g/mol. The number of anilines is 1. The zero-order chi connectivity index (χ0) is 15.8. The fraction of sp³-hybridized carbons (Fsp3) is 0.316. The van der Waals surface area contributed by atoms with Gasteiger partial charge in [0.2, 0.25) is 5.91 Å². The highest BCUT2D eigenvalue weighted by molar-refractivity contribution is 5.94. The lowest BCUT2D eigenvalue weighted by Crippen LogP contribution is -2.40. The summed E-state index contributed by atoms with van der Waals surface area (Å²) in [5, 5.41) is 3.28. The number of carbonyl (C=O) groups is 1. The lowest BCUT2D eigenvalue weighted by atomic mass is 10.2. The third-order valence-electron chi connectivity index (χ3n) is 3.77. The van der Waals surface area contributed by atoms with Crippen LogP contribution in [0.1, 0.15) is 25.8 Å². The summed E-state index contributed by atoms with van der Waals surface area (Å²) in [7, 11) is 0. The Kier molecular flexibility index (Phi) is 6.16. The van der Waals surface area contributed by atoms with Gasteiger partial charge in [-0.05, 0) is 31.0 Å². The van der Waals surface area contributed by atoms with Crippen molar-refractivity contribution in [3.05, 3.63) is 66.2 Å². The van der Waals surface area contributed by atoms with Crippen LogP contribution in [0.2, 0.25) is 0 Å². The number of amides is 1. The second kappa shape index (κ2) is 8.35. The first-order chi connectivity index (χ1) is 10.7. The average Bonchev–Trinajstić information content (AvgIpc) is 2.59. The average molecular weight is 296 g/mol. The number of carbonyl (C=O) groups excluding carboxylic acids is 1.